The monoisotopic (exact) mass is 314 g/mol. The molecule has 3 N–H and O–H groups in total. The number of hydrogen-bond acceptors (Lipinski definition) is 4. The van der Waals surface area contributed by atoms with Crippen LogP contribution in [-0.4, -0.2) is 27.2 Å². The third-order valence-electron chi connectivity index (χ3n) is 3.26. The zero-order valence-electron chi connectivity index (χ0n) is 13.2. The van der Waals surface area contributed by atoms with E-state index in [2.05, 4.69) is 4.72 Å². The molecule has 1 aromatic carbocycles. The lowest BCUT2D eigenvalue weighted by molar-refractivity contribution is -0.00515. The first-order valence-corrected chi connectivity index (χ1v) is 8.69. The third-order valence-corrected chi connectivity index (χ3v) is 4.66. The Labute approximate surface area is 127 Å². The SMILES string of the molecule is CCOC(C)(C)CNS(=O)(=O)c1cccc(C(N)CC)c1. The molecule has 0 amide bonds. The van der Waals surface area contributed by atoms with Gasteiger partial charge in [-0.2, -0.15) is 0 Å². The molecule has 120 valence electrons. The molecule has 0 saturated carbocycles. The van der Waals surface area contributed by atoms with Crippen molar-refractivity contribution in [1.82, 2.24) is 4.72 Å². The molecule has 1 unspecified atom stereocenters. The summed E-state index contributed by atoms with van der Waals surface area (Å²) in [5.41, 5.74) is 6.24. The van der Waals surface area contributed by atoms with Crippen LogP contribution in [0.1, 0.15) is 45.7 Å². The Bertz CT molecular complexity index is 556. The molecule has 0 radical (unpaired) electrons. The van der Waals surface area contributed by atoms with E-state index in [-0.39, 0.29) is 17.5 Å². The molecule has 0 aliphatic carbocycles. The van der Waals surface area contributed by atoms with E-state index in [1.807, 2.05) is 33.8 Å². The molecule has 6 heteroatoms. The maximum absolute atomic E-state index is 12.3. The molecule has 1 aromatic rings. The minimum atomic E-state index is -3.56. The van der Waals surface area contributed by atoms with Crippen molar-refractivity contribution in [2.75, 3.05) is 13.2 Å². The second-order valence-electron chi connectivity index (χ2n) is 5.60. The molecule has 0 fully saturated rings. The van der Waals surface area contributed by atoms with Crippen molar-refractivity contribution in [2.45, 2.75) is 50.7 Å². The highest BCUT2D eigenvalue weighted by Crippen LogP contribution is 2.18. The van der Waals surface area contributed by atoms with Gasteiger partial charge in [0.2, 0.25) is 10.0 Å². The first-order valence-electron chi connectivity index (χ1n) is 7.21. The van der Waals surface area contributed by atoms with Gasteiger partial charge in [0, 0.05) is 19.2 Å². The minimum Gasteiger partial charge on any atom is -0.375 e. The van der Waals surface area contributed by atoms with Gasteiger partial charge in [0.05, 0.1) is 10.5 Å². The van der Waals surface area contributed by atoms with E-state index in [4.69, 9.17) is 10.5 Å². The van der Waals surface area contributed by atoms with Gasteiger partial charge in [-0.05, 0) is 44.9 Å². The Morgan fingerprint density at radius 1 is 1.33 bits per heavy atom. The first kappa shape index (κ1) is 18.1. The summed E-state index contributed by atoms with van der Waals surface area (Å²) in [5, 5.41) is 0. The highest BCUT2D eigenvalue weighted by Gasteiger charge is 2.22. The maximum Gasteiger partial charge on any atom is 0.240 e. The number of hydrogen-bond donors (Lipinski definition) is 2. The van der Waals surface area contributed by atoms with Crippen molar-refractivity contribution in [3.8, 4) is 0 Å². The number of benzene rings is 1. The lowest BCUT2D eigenvalue weighted by Crippen LogP contribution is -2.40. The summed E-state index contributed by atoms with van der Waals surface area (Å²) in [6, 6.07) is 6.61. The van der Waals surface area contributed by atoms with Gasteiger partial charge in [-0.1, -0.05) is 19.1 Å². The topological polar surface area (TPSA) is 81.4 Å². The lowest BCUT2D eigenvalue weighted by atomic mass is 10.1. The summed E-state index contributed by atoms with van der Waals surface area (Å²) in [6.45, 7) is 8.30. The summed E-state index contributed by atoms with van der Waals surface area (Å²) in [4.78, 5) is 0.233. The largest absolute Gasteiger partial charge is 0.375 e. The molecular formula is C15H26N2O3S. The molecule has 0 aliphatic rings. The van der Waals surface area contributed by atoms with Crippen LogP contribution in [0.5, 0.6) is 0 Å². The van der Waals surface area contributed by atoms with Crippen LogP contribution in [0.4, 0.5) is 0 Å². The van der Waals surface area contributed by atoms with E-state index in [1.54, 1.807) is 18.2 Å². The van der Waals surface area contributed by atoms with Crippen LogP contribution in [0.2, 0.25) is 0 Å². The lowest BCUT2D eigenvalue weighted by Gasteiger charge is -2.24. The zero-order chi connectivity index (χ0) is 16.1. The van der Waals surface area contributed by atoms with E-state index in [9.17, 15) is 8.42 Å². The fourth-order valence-electron chi connectivity index (χ4n) is 1.94. The van der Waals surface area contributed by atoms with E-state index in [1.165, 1.54) is 0 Å². The van der Waals surface area contributed by atoms with Crippen molar-refractivity contribution in [1.29, 1.82) is 0 Å². The fraction of sp³-hybridized carbons (Fsp3) is 0.600. The number of sulfonamides is 1. The van der Waals surface area contributed by atoms with E-state index < -0.39 is 15.6 Å². The third kappa shape index (κ3) is 5.39. The van der Waals surface area contributed by atoms with Gasteiger partial charge >= 0.3 is 0 Å². The number of nitrogens with one attached hydrogen (secondary N) is 1. The van der Waals surface area contributed by atoms with Crippen LogP contribution < -0.4 is 10.5 Å². The molecular weight excluding hydrogens is 288 g/mol. The molecule has 1 rings (SSSR count). The van der Waals surface area contributed by atoms with E-state index in [0.29, 0.717) is 6.61 Å². The van der Waals surface area contributed by atoms with Gasteiger partial charge in [-0.15, -0.1) is 0 Å². The molecule has 1 atom stereocenters. The molecule has 0 spiro atoms. The molecule has 0 bridgehead atoms. The van der Waals surface area contributed by atoms with Crippen molar-refractivity contribution >= 4 is 10.0 Å². The van der Waals surface area contributed by atoms with Crippen LogP contribution in [0.3, 0.4) is 0 Å². The number of ether oxygens (including phenoxy) is 1. The summed E-state index contributed by atoms with van der Waals surface area (Å²) in [7, 11) is -3.56. The van der Waals surface area contributed by atoms with Gasteiger partial charge in [0.25, 0.3) is 0 Å². The second kappa shape index (κ2) is 7.35. The summed E-state index contributed by atoms with van der Waals surface area (Å²) in [6.07, 6.45) is 0.758. The van der Waals surface area contributed by atoms with E-state index >= 15 is 0 Å². The maximum atomic E-state index is 12.3. The number of nitrogens with two attached hydrogens (primary N) is 1. The van der Waals surface area contributed by atoms with E-state index in [0.717, 1.165) is 12.0 Å². The van der Waals surface area contributed by atoms with Gasteiger partial charge in [-0.25, -0.2) is 13.1 Å². The zero-order valence-corrected chi connectivity index (χ0v) is 14.0. The van der Waals surface area contributed by atoms with Crippen molar-refractivity contribution in [2.24, 2.45) is 5.73 Å². The smallest absolute Gasteiger partial charge is 0.240 e. The van der Waals surface area contributed by atoms with Gasteiger partial charge in [0.15, 0.2) is 0 Å². The van der Waals surface area contributed by atoms with Crippen LogP contribution >= 0.6 is 0 Å². The Kier molecular flexibility index (Phi) is 6.34. The predicted molar refractivity (Wildman–Crippen MR) is 84.6 cm³/mol. The quantitative estimate of drug-likeness (QED) is 0.770. The second-order valence-corrected chi connectivity index (χ2v) is 7.37. The highest BCUT2D eigenvalue weighted by atomic mass is 32.2. The highest BCUT2D eigenvalue weighted by molar-refractivity contribution is 7.89. The van der Waals surface area contributed by atoms with Crippen LogP contribution in [0.25, 0.3) is 0 Å². The Morgan fingerprint density at radius 3 is 2.57 bits per heavy atom. The van der Waals surface area contributed by atoms with Crippen molar-refractivity contribution in [3.05, 3.63) is 29.8 Å². The average Bonchev–Trinajstić information content (AvgIpc) is 2.45. The van der Waals surface area contributed by atoms with Crippen LogP contribution in [0, 0.1) is 0 Å². The Hall–Kier alpha value is -0.950. The summed E-state index contributed by atoms with van der Waals surface area (Å²) >= 11 is 0. The van der Waals surface area contributed by atoms with Crippen LogP contribution in [-0.2, 0) is 14.8 Å². The van der Waals surface area contributed by atoms with Crippen LogP contribution in [0.15, 0.2) is 29.2 Å². The Balaban J connectivity index is 2.88. The molecule has 0 heterocycles. The molecule has 5 nitrogen and oxygen atoms in total. The van der Waals surface area contributed by atoms with Crippen molar-refractivity contribution < 1.29 is 13.2 Å². The Morgan fingerprint density at radius 2 is 2.00 bits per heavy atom. The summed E-state index contributed by atoms with van der Waals surface area (Å²) < 4.78 is 32.8. The molecule has 21 heavy (non-hydrogen) atoms. The standard InChI is InChI=1S/C15H26N2O3S/c1-5-14(16)12-8-7-9-13(10-12)21(18,19)17-11-15(3,4)20-6-2/h7-10,14,17H,5-6,11,16H2,1-4H3. The van der Waals surface area contributed by atoms with Crippen molar-refractivity contribution in [3.63, 3.8) is 0 Å². The first-order chi connectivity index (χ1) is 9.72. The fourth-order valence-corrected chi connectivity index (χ4v) is 3.20. The van der Waals surface area contributed by atoms with Gasteiger partial charge in [0.1, 0.15) is 0 Å². The normalized spacial score (nSPS) is 14.1. The van der Waals surface area contributed by atoms with Gasteiger partial charge in [-0.3, -0.25) is 0 Å². The number of rotatable bonds is 8. The predicted octanol–water partition coefficient (Wildman–Crippen LogP) is 2.19. The minimum absolute atomic E-state index is 0.153. The molecule has 0 aromatic heterocycles. The summed E-state index contributed by atoms with van der Waals surface area (Å²) in [5.74, 6) is 0. The van der Waals surface area contributed by atoms with Gasteiger partial charge < -0.3 is 10.5 Å². The molecule has 0 aliphatic heterocycles. The average molecular weight is 314 g/mol. The molecule has 0 saturated heterocycles.